The van der Waals surface area contributed by atoms with Gasteiger partial charge >= 0.3 is 5.97 Å². The van der Waals surface area contributed by atoms with Crippen LogP contribution in [0.1, 0.15) is 24.9 Å². The van der Waals surface area contributed by atoms with Gasteiger partial charge in [-0.25, -0.2) is 4.79 Å². The van der Waals surface area contributed by atoms with Crippen LogP contribution in [-0.4, -0.2) is 43.5 Å². The predicted octanol–water partition coefficient (Wildman–Crippen LogP) is 0.492. The fourth-order valence-corrected chi connectivity index (χ4v) is 2.96. The molecule has 0 atom stereocenters. The Morgan fingerprint density at radius 1 is 1.65 bits per heavy atom. The Labute approximate surface area is 103 Å². The lowest BCUT2D eigenvalue weighted by atomic mass is 10.1. The lowest BCUT2D eigenvalue weighted by Crippen LogP contribution is -2.39. The number of rotatable bonds is 3. The number of carbonyl (C=O) groups is 2. The van der Waals surface area contributed by atoms with Crippen LogP contribution in [0.25, 0.3) is 0 Å². The van der Waals surface area contributed by atoms with Crippen molar-refractivity contribution >= 4 is 23.2 Å². The lowest BCUT2D eigenvalue weighted by molar-refractivity contribution is 0.0605. The molecule has 1 aliphatic heterocycles. The van der Waals surface area contributed by atoms with E-state index in [1.807, 2.05) is 0 Å². The number of thiophene rings is 1. The van der Waals surface area contributed by atoms with Gasteiger partial charge in [-0.05, 0) is 18.1 Å². The summed E-state index contributed by atoms with van der Waals surface area (Å²) in [6, 6.07) is 1.75. The summed E-state index contributed by atoms with van der Waals surface area (Å²) in [6.07, 6.45) is 0.772. The lowest BCUT2D eigenvalue weighted by Gasteiger charge is -2.25. The van der Waals surface area contributed by atoms with Crippen molar-refractivity contribution in [3.8, 4) is 0 Å². The van der Waals surface area contributed by atoms with Crippen molar-refractivity contribution < 1.29 is 14.3 Å². The Morgan fingerprint density at radius 2 is 2.41 bits per heavy atom. The molecule has 2 rings (SSSR count). The smallest absolute Gasteiger partial charge is 0.348 e. The SMILES string of the molecule is COC(=O)c1cc2c(s1)C(=O)N(CCN)CC2. The molecule has 92 valence electrons. The summed E-state index contributed by atoms with van der Waals surface area (Å²) < 4.78 is 4.65. The molecule has 0 bridgehead atoms. The maximum absolute atomic E-state index is 12.1. The maximum Gasteiger partial charge on any atom is 0.348 e. The molecule has 0 spiro atoms. The van der Waals surface area contributed by atoms with Gasteiger partial charge in [0.1, 0.15) is 4.88 Å². The van der Waals surface area contributed by atoms with Crippen LogP contribution in [0.2, 0.25) is 0 Å². The molecule has 0 saturated carbocycles. The van der Waals surface area contributed by atoms with Crippen LogP contribution >= 0.6 is 11.3 Å². The van der Waals surface area contributed by atoms with E-state index < -0.39 is 0 Å². The summed E-state index contributed by atoms with van der Waals surface area (Å²) in [5.41, 5.74) is 6.39. The largest absolute Gasteiger partial charge is 0.465 e. The zero-order valence-electron chi connectivity index (χ0n) is 9.56. The van der Waals surface area contributed by atoms with E-state index in [1.54, 1.807) is 11.0 Å². The standard InChI is InChI=1S/C11H14N2O3S/c1-16-11(15)8-6-7-2-4-13(5-3-12)10(14)9(7)17-8/h6H,2-5,12H2,1H3. The van der Waals surface area contributed by atoms with Crippen molar-refractivity contribution in [2.75, 3.05) is 26.7 Å². The monoisotopic (exact) mass is 254 g/mol. The number of nitrogens with zero attached hydrogens (tertiary/aromatic N) is 1. The first-order valence-electron chi connectivity index (χ1n) is 5.37. The van der Waals surface area contributed by atoms with Crippen molar-refractivity contribution in [1.82, 2.24) is 4.90 Å². The topological polar surface area (TPSA) is 72.6 Å². The van der Waals surface area contributed by atoms with Crippen molar-refractivity contribution in [1.29, 1.82) is 0 Å². The first-order chi connectivity index (χ1) is 8.17. The van der Waals surface area contributed by atoms with Crippen LogP contribution in [-0.2, 0) is 11.2 Å². The molecule has 2 N–H and O–H groups in total. The van der Waals surface area contributed by atoms with Gasteiger partial charge in [-0.1, -0.05) is 0 Å². The molecule has 0 radical (unpaired) electrons. The highest BCUT2D eigenvalue weighted by atomic mass is 32.1. The van der Waals surface area contributed by atoms with Crippen LogP contribution < -0.4 is 5.73 Å². The highest BCUT2D eigenvalue weighted by Crippen LogP contribution is 2.28. The Morgan fingerprint density at radius 3 is 3.06 bits per heavy atom. The number of hydrogen-bond donors (Lipinski definition) is 1. The first-order valence-corrected chi connectivity index (χ1v) is 6.19. The van der Waals surface area contributed by atoms with Gasteiger partial charge in [-0.2, -0.15) is 0 Å². The number of methoxy groups -OCH3 is 1. The van der Waals surface area contributed by atoms with E-state index >= 15 is 0 Å². The zero-order chi connectivity index (χ0) is 12.4. The third kappa shape index (κ3) is 2.18. The summed E-state index contributed by atoms with van der Waals surface area (Å²) in [4.78, 5) is 26.3. The molecule has 17 heavy (non-hydrogen) atoms. The van der Waals surface area contributed by atoms with Gasteiger partial charge in [0.15, 0.2) is 0 Å². The number of esters is 1. The van der Waals surface area contributed by atoms with Gasteiger partial charge in [0.25, 0.3) is 5.91 Å². The fourth-order valence-electron chi connectivity index (χ4n) is 1.87. The van der Waals surface area contributed by atoms with Gasteiger partial charge in [-0.15, -0.1) is 11.3 Å². The average molecular weight is 254 g/mol. The van der Waals surface area contributed by atoms with Crippen LogP contribution in [0.4, 0.5) is 0 Å². The molecule has 1 aliphatic rings. The summed E-state index contributed by atoms with van der Waals surface area (Å²) in [6.45, 7) is 1.68. The molecule has 5 nitrogen and oxygen atoms in total. The summed E-state index contributed by atoms with van der Waals surface area (Å²) in [5, 5.41) is 0. The van der Waals surface area contributed by atoms with E-state index in [4.69, 9.17) is 5.73 Å². The Bertz CT molecular complexity index is 456. The Kier molecular flexibility index (Phi) is 3.44. The van der Waals surface area contributed by atoms with Crippen LogP contribution in [0, 0.1) is 0 Å². The molecule has 6 heteroatoms. The van der Waals surface area contributed by atoms with Gasteiger partial charge in [-0.3, -0.25) is 4.79 Å². The summed E-state index contributed by atoms with van der Waals surface area (Å²) in [5.74, 6) is -0.417. The number of fused-ring (bicyclic) bond motifs is 1. The van der Waals surface area contributed by atoms with Crippen molar-refractivity contribution in [2.45, 2.75) is 6.42 Å². The molecule has 0 aliphatic carbocycles. The highest BCUT2D eigenvalue weighted by Gasteiger charge is 2.27. The number of carbonyl (C=O) groups excluding carboxylic acids is 2. The van der Waals surface area contributed by atoms with Crippen LogP contribution in [0.3, 0.4) is 0 Å². The first kappa shape index (κ1) is 12.1. The Balaban J connectivity index is 2.27. The molecule has 0 fully saturated rings. The minimum atomic E-state index is -0.387. The maximum atomic E-state index is 12.1. The van der Waals surface area contributed by atoms with Crippen molar-refractivity contribution in [3.05, 3.63) is 21.4 Å². The fraction of sp³-hybridized carbons (Fsp3) is 0.455. The number of ether oxygens (including phenoxy) is 1. The van der Waals surface area contributed by atoms with Crippen molar-refractivity contribution in [2.24, 2.45) is 5.73 Å². The molecule has 1 aromatic heterocycles. The van der Waals surface area contributed by atoms with Gasteiger partial charge in [0, 0.05) is 19.6 Å². The quantitative estimate of drug-likeness (QED) is 0.797. The minimum absolute atomic E-state index is 0.0307. The molecule has 2 heterocycles. The van der Waals surface area contributed by atoms with Gasteiger partial charge < -0.3 is 15.4 Å². The highest BCUT2D eigenvalue weighted by molar-refractivity contribution is 7.16. The number of amides is 1. The molecule has 0 aromatic carbocycles. The summed E-state index contributed by atoms with van der Waals surface area (Å²) >= 11 is 1.20. The van der Waals surface area contributed by atoms with Gasteiger partial charge in [0.2, 0.25) is 0 Å². The summed E-state index contributed by atoms with van der Waals surface area (Å²) in [7, 11) is 1.34. The van der Waals surface area contributed by atoms with Gasteiger partial charge in [0.05, 0.1) is 12.0 Å². The average Bonchev–Trinajstić information content (AvgIpc) is 2.77. The molecular formula is C11H14N2O3S. The molecule has 1 amide bonds. The Hall–Kier alpha value is -1.40. The molecule has 0 saturated heterocycles. The third-order valence-electron chi connectivity index (χ3n) is 2.73. The van der Waals surface area contributed by atoms with Crippen LogP contribution in [0.15, 0.2) is 6.07 Å². The predicted molar refractivity (Wildman–Crippen MR) is 64.3 cm³/mol. The van der Waals surface area contributed by atoms with E-state index in [1.165, 1.54) is 18.4 Å². The van der Waals surface area contributed by atoms with Crippen molar-refractivity contribution in [3.63, 3.8) is 0 Å². The van der Waals surface area contributed by atoms with Crippen LogP contribution in [0.5, 0.6) is 0 Å². The third-order valence-corrected chi connectivity index (χ3v) is 3.87. The zero-order valence-corrected chi connectivity index (χ0v) is 10.4. The second kappa shape index (κ2) is 4.85. The second-order valence-electron chi connectivity index (χ2n) is 3.79. The van der Waals surface area contributed by atoms with E-state index in [-0.39, 0.29) is 11.9 Å². The van der Waals surface area contributed by atoms with E-state index in [9.17, 15) is 9.59 Å². The minimum Gasteiger partial charge on any atom is -0.465 e. The normalized spacial score (nSPS) is 14.7. The number of hydrogen-bond acceptors (Lipinski definition) is 5. The van der Waals surface area contributed by atoms with E-state index in [2.05, 4.69) is 4.74 Å². The number of nitrogens with two attached hydrogens (primary N) is 1. The van der Waals surface area contributed by atoms with E-state index in [0.717, 1.165) is 12.0 Å². The second-order valence-corrected chi connectivity index (χ2v) is 4.84. The molecule has 0 unspecified atom stereocenters. The molecule has 1 aromatic rings. The molecular weight excluding hydrogens is 240 g/mol. The van der Waals surface area contributed by atoms with E-state index in [0.29, 0.717) is 29.4 Å².